The first-order valence-corrected chi connectivity index (χ1v) is 10.5. The zero-order chi connectivity index (χ0) is 15.3. The fraction of sp³-hybridized carbons (Fsp3) is 1.00. The Hall–Kier alpha value is -0.130. The molecule has 2 rings (SSSR count). The van der Waals surface area contributed by atoms with Crippen molar-refractivity contribution in [1.29, 1.82) is 0 Å². The molecule has 0 amide bonds. The van der Waals surface area contributed by atoms with Gasteiger partial charge >= 0.3 is 0 Å². The van der Waals surface area contributed by atoms with Crippen LogP contribution in [0.3, 0.4) is 0 Å². The second kappa shape index (κ2) is 7.93. The molecule has 2 aliphatic rings. The highest BCUT2D eigenvalue weighted by atomic mass is 32.2. The topological polar surface area (TPSA) is 63.4 Å². The zero-order valence-electron chi connectivity index (χ0n) is 13.5. The van der Waals surface area contributed by atoms with Crippen molar-refractivity contribution in [2.24, 2.45) is 17.6 Å². The maximum atomic E-state index is 11.6. The van der Waals surface area contributed by atoms with Gasteiger partial charge in [0.25, 0.3) is 0 Å². The Morgan fingerprint density at radius 2 is 1.76 bits per heavy atom. The lowest BCUT2D eigenvalue weighted by Gasteiger charge is -2.32. The highest BCUT2D eigenvalue weighted by Crippen LogP contribution is 2.29. The minimum Gasteiger partial charge on any atom is -0.328 e. The summed E-state index contributed by atoms with van der Waals surface area (Å²) in [5.41, 5.74) is 6.31. The third kappa shape index (κ3) is 5.87. The maximum absolute atomic E-state index is 11.6. The minimum atomic E-state index is -3.03. The lowest BCUT2D eigenvalue weighted by Crippen LogP contribution is -2.41. The average Bonchev–Trinajstić information content (AvgIpc) is 2.46. The van der Waals surface area contributed by atoms with Crippen LogP contribution in [0.1, 0.15) is 64.2 Å². The van der Waals surface area contributed by atoms with Gasteiger partial charge in [-0.2, -0.15) is 0 Å². The average molecular weight is 317 g/mol. The first-order chi connectivity index (χ1) is 9.95. The number of nitrogens with two attached hydrogens (primary N) is 1. The molecule has 0 aromatic rings. The van der Waals surface area contributed by atoms with Crippen LogP contribution in [0.15, 0.2) is 0 Å². The van der Waals surface area contributed by atoms with E-state index in [-0.39, 0.29) is 6.04 Å². The molecule has 0 spiro atoms. The summed E-state index contributed by atoms with van der Waals surface area (Å²) in [6.07, 6.45) is 13.8. The van der Waals surface area contributed by atoms with Gasteiger partial charge in [0.2, 0.25) is 10.0 Å². The van der Waals surface area contributed by atoms with E-state index in [0.717, 1.165) is 31.6 Å². The molecule has 1 heterocycles. The van der Waals surface area contributed by atoms with Crippen molar-refractivity contribution in [2.75, 3.05) is 19.3 Å². The van der Waals surface area contributed by atoms with Gasteiger partial charge < -0.3 is 5.73 Å². The van der Waals surface area contributed by atoms with Crippen LogP contribution < -0.4 is 5.73 Å². The van der Waals surface area contributed by atoms with Gasteiger partial charge in [-0.15, -0.1) is 0 Å². The van der Waals surface area contributed by atoms with Crippen LogP contribution in [0, 0.1) is 11.8 Å². The molecule has 1 aliphatic carbocycles. The molecule has 21 heavy (non-hydrogen) atoms. The van der Waals surface area contributed by atoms with Crippen LogP contribution >= 0.6 is 0 Å². The Bertz CT molecular complexity index is 405. The molecule has 124 valence electrons. The van der Waals surface area contributed by atoms with Crippen molar-refractivity contribution in [2.45, 2.75) is 70.3 Å². The molecule has 4 nitrogen and oxygen atoms in total. The molecule has 0 bridgehead atoms. The van der Waals surface area contributed by atoms with Gasteiger partial charge in [0.1, 0.15) is 0 Å². The summed E-state index contributed by atoms with van der Waals surface area (Å²) >= 11 is 0. The summed E-state index contributed by atoms with van der Waals surface area (Å²) < 4.78 is 24.9. The lowest BCUT2D eigenvalue weighted by atomic mass is 9.83. The van der Waals surface area contributed by atoms with Gasteiger partial charge in [-0.05, 0) is 43.9 Å². The first-order valence-electron chi connectivity index (χ1n) is 8.66. The Balaban J connectivity index is 1.70. The van der Waals surface area contributed by atoms with Crippen LogP contribution in [-0.2, 0) is 10.0 Å². The van der Waals surface area contributed by atoms with E-state index in [4.69, 9.17) is 5.73 Å². The van der Waals surface area contributed by atoms with Crippen molar-refractivity contribution in [1.82, 2.24) is 4.31 Å². The quantitative estimate of drug-likeness (QED) is 0.819. The molecule has 1 saturated carbocycles. The van der Waals surface area contributed by atoms with Crippen molar-refractivity contribution >= 4 is 10.0 Å². The second-order valence-electron chi connectivity index (χ2n) is 7.21. The lowest BCUT2D eigenvalue weighted by molar-refractivity contribution is 0.238. The van der Waals surface area contributed by atoms with Crippen molar-refractivity contribution in [3.05, 3.63) is 0 Å². The third-order valence-electron chi connectivity index (χ3n) is 5.26. The van der Waals surface area contributed by atoms with Gasteiger partial charge in [0.05, 0.1) is 6.26 Å². The summed E-state index contributed by atoms with van der Waals surface area (Å²) in [7, 11) is -3.03. The first kappa shape index (κ1) is 17.2. The van der Waals surface area contributed by atoms with E-state index in [1.54, 1.807) is 4.31 Å². The van der Waals surface area contributed by atoms with Crippen LogP contribution in [-0.4, -0.2) is 38.1 Å². The smallest absolute Gasteiger partial charge is 0.211 e. The molecular formula is C16H32N2O2S. The molecule has 1 saturated heterocycles. The van der Waals surface area contributed by atoms with Gasteiger partial charge in [0, 0.05) is 19.1 Å². The molecule has 1 aliphatic heterocycles. The summed E-state index contributed by atoms with van der Waals surface area (Å²) in [4.78, 5) is 0. The Morgan fingerprint density at radius 1 is 1.10 bits per heavy atom. The fourth-order valence-corrected chi connectivity index (χ4v) is 4.93. The van der Waals surface area contributed by atoms with E-state index >= 15 is 0 Å². The summed E-state index contributed by atoms with van der Waals surface area (Å²) in [6, 6.07) is 0.247. The largest absolute Gasteiger partial charge is 0.328 e. The summed E-state index contributed by atoms with van der Waals surface area (Å²) in [6.45, 7) is 1.36. The Morgan fingerprint density at radius 3 is 2.43 bits per heavy atom. The Labute approximate surface area is 130 Å². The fourth-order valence-electron chi connectivity index (χ4n) is 3.99. The van der Waals surface area contributed by atoms with E-state index in [1.165, 1.54) is 44.8 Å². The Kier molecular flexibility index (Phi) is 6.51. The molecule has 5 heteroatoms. The van der Waals surface area contributed by atoms with Crippen molar-refractivity contribution in [3.63, 3.8) is 0 Å². The molecule has 0 radical (unpaired) electrons. The number of rotatable bonds is 6. The van der Waals surface area contributed by atoms with Crippen molar-refractivity contribution < 1.29 is 8.42 Å². The van der Waals surface area contributed by atoms with Crippen LogP contribution in [0.4, 0.5) is 0 Å². The molecular weight excluding hydrogens is 284 g/mol. The van der Waals surface area contributed by atoms with E-state index in [1.807, 2.05) is 0 Å². The normalized spacial score (nSPS) is 27.6. The monoisotopic (exact) mass is 316 g/mol. The van der Waals surface area contributed by atoms with Gasteiger partial charge in [-0.25, -0.2) is 12.7 Å². The highest BCUT2D eigenvalue weighted by Gasteiger charge is 2.27. The van der Waals surface area contributed by atoms with Crippen LogP contribution in [0.2, 0.25) is 0 Å². The van der Waals surface area contributed by atoms with E-state index in [0.29, 0.717) is 19.0 Å². The number of sulfonamides is 1. The number of hydrogen-bond donors (Lipinski definition) is 1. The molecule has 2 N–H and O–H groups in total. The van der Waals surface area contributed by atoms with Gasteiger partial charge in [-0.3, -0.25) is 0 Å². The number of hydrogen-bond acceptors (Lipinski definition) is 3. The summed E-state index contributed by atoms with van der Waals surface area (Å²) in [5, 5.41) is 0. The maximum Gasteiger partial charge on any atom is 0.211 e. The number of nitrogens with zero attached hydrogens (tertiary/aromatic N) is 1. The SMILES string of the molecule is CS(=O)(=O)N1CCCC(CC(N)CCC2CCCCC2)C1. The second-order valence-corrected chi connectivity index (χ2v) is 9.19. The third-order valence-corrected chi connectivity index (χ3v) is 6.53. The predicted molar refractivity (Wildman–Crippen MR) is 87.5 cm³/mol. The van der Waals surface area contributed by atoms with Gasteiger partial charge in [-0.1, -0.05) is 32.1 Å². The molecule has 2 unspecified atom stereocenters. The van der Waals surface area contributed by atoms with E-state index in [9.17, 15) is 8.42 Å². The van der Waals surface area contributed by atoms with Crippen LogP contribution in [0.25, 0.3) is 0 Å². The summed E-state index contributed by atoms with van der Waals surface area (Å²) in [5.74, 6) is 1.35. The highest BCUT2D eigenvalue weighted by molar-refractivity contribution is 7.88. The van der Waals surface area contributed by atoms with Crippen molar-refractivity contribution in [3.8, 4) is 0 Å². The van der Waals surface area contributed by atoms with Crippen LogP contribution in [0.5, 0.6) is 0 Å². The predicted octanol–water partition coefficient (Wildman–Crippen LogP) is 2.74. The standard InChI is InChI=1S/C16H32N2O2S/c1-21(19,20)18-11-5-8-15(13-18)12-16(17)10-9-14-6-3-2-4-7-14/h14-16H,2-13,17H2,1H3. The number of piperidine rings is 1. The minimum absolute atomic E-state index is 0.247. The van der Waals surface area contributed by atoms with Gasteiger partial charge in [0.15, 0.2) is 0 Å². The molecule has 2 atom stereocenters. The molecule has 0 aromatic heterocycles. The van der Waals surface area contributed by atoms with E-state index in [2.05, 4.69) is 0 Å². The molecule has 2 fully saturated rings. The molecule has 0 aromatic carbocycles. The zero-order valence-corrected chi connectivity index (χ0v) is 14.3. The van der Waals surface area contributed by atoms with E-state index < -0.39 is 10.0 Å².